The van der Waals surface area contributed by atoms with Gasteiger partial charge in [0.1, 0.15) is 0 Å². The van der Waals surface area contributed by atoms with Gasteiger partial charge in [-0.05, 0) is 37.5 Å². The molecule has 1 aromatic rings. The first kappa shape index (κ1) is 12.6. The van der Waals surface area contributed by atoms with Gasteiger partial charge in [-0.1, -0.05) is 44.2 Å². The Morgan fingerprint density at radius 2 is 2.06 bits per heavy atom. The van der Waals surface area contributed by atoms with Crippen molar-refractivity contribution >= 4 is 0 Å². The maximum Gasteiger partial charge on any atom is 0.00433 e. The van der Waals surface area contributed by atoms with Gasteiger partial charge in [-0.15, -0.1) is 0 Å². The van der Waals surface area contributed by atoms with Crippen LogP contribution >= 0.6 is 0 Å². The van der Waals surface area contributed by atoms with Crippen LogP contribution in [0.15, 0.2) is 30.3 Å². The van der Waals surface area contributed by atoms with E-state index in [4.69, 9.17) is 0 Å². The van der Waals surface area contributed by atoms with Crippen molar-refractivity contribution in [1.82, 2.24) is 10.6 Å². The molecule has 17 heavy (non-hydrogen) atoms. The molecule has 0 amide bonds. The number of nitrogens with one attached hydrogen (secondary N) is 2. The molecule has 1 heterocycles. The molecule has 0 bridgehead atoms. The van der Waals surface area contributed by atoms with Gasteiger partial charge >= 0.3 is 0 Å². The Balaban J connectivity index is 1.80. The summed E-state index contributed by atoms with van der Waals surface area (Å²) in [5.74, 6) is 0.821. The highest BCUT2D eigenvalue weighted by atomic mass is 14.9. The Hall–Kier alpha value is -0.860. The number of hydrogen-bond acceptors (Lipinski definition) is 2. The zero-order valence-electron chi connectivity index (χ0n) is 11.0. The second-order valence-electron chi connectivity index (χ2n) is 5.74. The highest BCUT2D eigenvalue weighted by molar-refractivity contribution is 5.23. The Bertz CT molecular complexity index is 326. The van der Waals surface area contributed by atoms with Crippen molar-refractivity contribution in [2.75, 3.05) is 26.2 Å². The zero-order chi connectivity index (χ0) is 12.1. The standard InChI is InChI=1S/C15H24N2/c1-15(2,14-6-4-3-5-7-14)12-17-11-13-8-9-16-10-13/h3-7,13,16-17H,8-12H2,1-2H3. The van der Waals surface area contributed by atoms with Crippen molar-refractivity contribution in [2.24, 2.45) is 5.92 Å². The van der Waals surface area contributed by atoms with Crippen LogP contribution in [0.5, 0.6) is 0 Å². The van der Waals surface area contributed by atoms with Gasteiger partial charge < -0.3 is 10.6 Å². The molecule has 94 valence electrons. The molecule has 0 spiro atoms. The summed E-state index contributed by atoms with van der Waals surface area (Å²) >= 11 is 0. The summed E-state index contributed by atoms with van der Waals surface area (Å²) < 4.78 is 0. The SMILES string of the molecule is CC(C)(CNCC1CCNC1)c1ccccc1. The molecule has 2 nitrogen and oxygen atoms in total. The summed E-state index contributed by atoms with van der Waals surface area (Å²) in [6, 6.07) is 10.8. The maximum atomic E-state index is 3.63. The lowest BCUT2D eigenvalue weighted by atomic mass is 9.84. The summed E-state index contributed by atoms with van der Waals surface area (Å²) in [6.45, 7) is 9.18. The lowest BCUT2D eigenvalue weighted by Gasteiger charge is -2.26. The van der Waals surface area contributed by atoms with Crippen molar-refractivity contribution in [3.8, 4) is 0 Å². The van der Waals surface area contributed by atoms with Crippen LogP contribution < -0.4 is 10.6 Å². The molecule has 1 atom stereocenters. The molecule has 1 unspecified atom stereocenters. The van der Waals surface area contributed by atoms with E-state index in [0.29, 0.717) is 0 Å². The molecule has 0 radical (unpaired) electrons. The first-order chi connectivity index (χ1) is 8.18. The Labute approximate surface area is 105 Å². The van der Waals surface area contributed by atoms with Crippen LogP contribution in [0, 0.1) is 5.92 Å². The first-order valence-electron chi connectivity index (χ1n) is 6.65. The summed E-state index contributed by atoms with van der Waals surface area (Å²) in [5, 5.41) is 7.04. The third-order valence-corrected chi connectivity index (χ3v) is 3.72. The summed E-state index contributed by atoms with van der Waals surface area (Å²) in [4.78, 5) is 0. The van der Waals surface area contributed by atoms with Crippen LogP contribution in [-0.4, -0.2) is 26.2 Å². The first-order valence-corrected chi connectivity index (χ1v) is 6.65. The third kappa shape index (κ3) is 3.55. The molecule has 1 aliphatic rings. The molecule has 1 aliphatic heterocycles. The maximum absolute atomic E-state index is 3.63. The normalized spacial score (nSPS) is 20.7. The average molecular weight is 232 g/mol. The summed E-state index contributed by atoms with van der Waals surface area (Å²) in [6.07, 6.45) is 1.32. The van der Waals surface area contributed by atoms with E-state index < -0.39 is 0 Å². The van der Waals surface area contributed by atoms with Gasteiger partial charge in [0, 0.05) is 12.0 Å². The predicted molar refractivity (Wildman–Crippen MR) is 73.3 cm³/mol. The highest BCUT2D eigenvalue weighted by Crippen LogP contribution is 2.21. The smallest absolute Gasteiger partial charge is 0.00433 e. The fourth-order valence-corrected chi connectivity index (χ4v) is 2.47. The van der Waals surface area contributed by atoms with Gasteiger partial charge in [0.2, 0.25) is 0 Å². The molecule has 0 saturated carbocycles. The van der Waals surface area contributed by atoms with Crippen molar-refractivity contribution in [3.63, 3.8) is 0 Å². The van der Waals surface area contributed by atoms with E-state index in [1.165, 1.54) is 25.1 Å². The number of rotatable bonds is 5. The van der Waals surface area contributed by atoms with Crippen LogP contribution in [0.25, 0.3) is 0 Å². The highest BCUT2D eigenvalue weighted by Gasteiger charge is 2.21. The molecule has 0 aliphatic carbocycles. The Morgan fingerprint density at radius 3 is 2.71 bits per heavy atom. The Kier molecular flexibility index (Phi) is 4.19. The molecule has 2 heteroatoms. The monoisotopic (exact) mass is 232 g/mol. The van der Waals surface area contributed by atoms with Gasteiger partial charge in [0.05, 0.1) is 0 Å². The summed E-state index contributed by atoms with van der Waals surface area (Å²) in [5.41, 5.74) is 1.63. The largest absolute Gasteiger partial charge is 0.316 e. The van der Waals surface area contributed by atoms with E-state index >= 15 is 0 Å². The topological polar surface area (TPSA) is 24.1 Å². The minimum Gasteiger partial charge on any atom is -0.316 e. The van der Waals surface area contributed by atoms with Gasteiger partial charge in [-0.3, -0.25) is 0 Å². The summed E-state index contributed by atoms with van der Waals surface area (Å²) in [7, 11) is 0. The van der Waals surface area contributed by atoms with E-state index in [1.807, 2.05) is 0 Å². The lowest BCUT2D eigenvalue weighted by molar-refractivity contribution is 0.431. The molecule has 1 saturated heterocycles. The van der Waals surface area contributed by atoms with Crippen molar-refractivity contribution < 1.29 is 0 Å². The quantitative estimate of drug-likeness (QED) is 0.813. The fraction of sp³-hybridized carbons (Fsp3) is 0.600. The van der Waals surface area contributed by atoms with E-state index in [1.54, 1.807) is 0 Å². The minimum atomic E-state index is 0.216. The van der Waals surface area contributed by atoms with Crippen molar-refractivity contribution in [1.29, 1.82) is 0 Å². The molecular formula is C15H24N2. The molecule has 0 aromatic heterocycles. The van der Waals surface area contributed by atoms with E-state index in [9.17, 15) is 0 Å². The minimum absolute atomic E-state index is 0.216. The van der Waals surface area contributed by atoms with Gasteiger partial charge in [0.15, 0.2) is 0 Å². The van der Waals surface area contributed by atoms with E-state index in [-0.39, 0.29) is 5.41 Å². The predicted octanol–water partition coefficient (Wildman–Crippen LogP) is 2.16. The molecule has 1 fully saturated rings. The second kappa shape index (κ2) is 5.65. The van der Waals surface area contributed by atoms with Gasteiger partial charge in [-0.25, -0.2) is 0 Å². The van der Waals surface area contributed by atoms with Crippen LogP contribution in [-0.2, 0) is 5.41 Å². The molecule has 1 aromatic carbocycles. The van der Waals surface area contributed by atoms with Gasteiger partial charge in [0.25, 0.3) is 0 Å². The van der Waals surface area contributed by atoms with E-state index in [0.717, 1.165) is 19.0 Å². The lowest BCUT2D eigenvalue weighted by Crippen LogP contribution is -2.36. The Morgan fingerprint density at radius 1 is 1.29 bits per heavy atom. The molecular weight excluding hydrogens is 208 g/mol. The van der Waals surface area contributed by atoms with Crippen LogP contribution in [0.4, 0.5) is 0 Å². The van der Waals surface area contributed by atoms with E-state index in [2.05, 4.69) is 54.8 Å². The molecule has 2 rings (SSSR count). The second-order valence-corrected chi connectivity index (χ2v) is 5.74. The number of hydrogen-bond donors (Lipinski definition) is 2. The fourth-order valence-electron chi connectivity index (χ4n) is 2.47. The van der Waals surface area contributed by atoms with Crippen LogP contribution in [0.3, 0.4) is 0 Å². The average Bonchev–Trinajstić information content (AvgIpc) is 2.83. The number of benzene rings is 1. The zero-order valence-corrected chi connectivity index (χ0v) is 11.0. The molecule has 2 N–H and O–H groups in total. The third-order valence-electron chi connectivity index (χ3n) is 3.72. The van der Waals surface area contributed by atoms with Crippen LogP contribution in [0.1, 0.15) is 25.8 Å². The van der Waals surface area contributed by atoms with Gasteiger partial charge in [-0.2, -0.15) is 0 Å². The van der Waals surface area contributed by atoms with Crippen molar-refractivity contribution in [3.05, 3.63) is 35.9 Å². The van der Waals surface area contributed by atoms with Crippen LogP contribution in [0.2, 0.25) is 0 Å². The van der Waals surface area contributed by atoms with Crippen molar-refractivity contribution in [2.45, 2.75) is 25.7 Å².